The van der Waals surface area contributed by atoms with Crippen LogP contribution in [0, 0.1) is 18.8 Å². The molecular weight excluding hydrogens is 400 g/mol. The molecule has 4 atom stereocenters. The maximum atomic E-state index is 5.75. The van der Waals surface area contributed by atoms with E-state index in [1.807, 2.05) is 23.0 Å². The number of benzene rings is 1. The Bertz CT molecular complexity index is 1110. The van der Waals surface area contributed by atoms with E-state index >= 15 is 0 Å². The fraction of sp³-hybridized carbons (Fsp3) is 0.538. The fourth-order valence-corrected chi connectivity index (χ4v) is 6.38. The largest absolute Gasteiger partial charge is 0.481 e. The summed E-state index contributed by atoms with van der Waals surface area (Å²) in [7, 11) is 1.64. The Morgan fingerprint density at radius 3 is 2.72 bits per heavy atom. The summed E-state index contributed by atoms with van der Waals surface area (Å²) in [6, 6.07) is 9.26. The van der Waals surface area contributed by atoms with Gasteiger partial charge in [-0.3, -0.25) is 4.90 Å². The first-order valence-corrected chi connectivity index (χ1v) is 12.0. The number of fused-ring (bicyclic) bond motifs is 2. The molecule has 0 bridgehead atoms. The molecule has 6 nitrogen and oxygen atoms in total. The molecule has 1 saturated carbocycles. The topological polar surface area (TPSA) is 52.4 Å². The van der Waals surface area contributed by atoms with Gasteiger partial charge in [0.15, 0.2) is 0 Å². The predicted molar refractivity (Wildman–Crippen MR) is 125 cm³/mol. The Morgan fingerprint density at radius 1 is 1.12 bits per heavy atom. The first-order valence-electron chi connectivity index (χ1n) is 12.0. The van der Waals surface area contributed by atoms with Crippen molar-refractivity contribution in [1.29, 1.82) is 0 Å². The van der Waals surface area contributed by atoms with Crippen molar-refractivity contribution in [2.75, 3.05) is 33.4 Å². The second-order valence-corrected chi connectivity index (χ2v) is 9.89. The second kappa shape index (κ2) is 8.16. The minimum atomic E-state index is 0.603. The average molecular weight is 433 g/mol. The van der Waals surface area contributed by atoms with Crippen molar-refractivity contribution in [2.45, 2.75) is 44.6 Å². The minimum Gasteiger partial charge on any atom is -0.481 e. The molecule has 6 heteroatoms. The van der Waals surface area contributed by atoms with Gasteiger partial charge < -0.3 is 9.47 Å². The van der Waals surface area contributed by atoms with E-state index in [0.717, 1.165) is 36.3 Å². The normalized spacial score (nSPS) is 28.3. The Morgan fingerprint density at radius 2 is 1.97 bits per heavy atom. The highest BCUT2D eigenvalue weighted by molar-refractivity contribution is 5.82. The van der Waals surface area contributed by atoms with E-state index in [1.54, 1.807) is 13.3 Å². The molecule has 0 spiro atoms. The molecule has 2 aromatic heterocycles. The van der Waals surface area contributed by atoms with Crippen molar-refractivity contribution in [3.8, 4) is 11.6 Å². The molecule has 1 aliphatic carbocycles. The Balaban J connectivity index is 1.22. The van der Waals surface area contributed by atoms with Crippen molar-refractivity contribution < 1.29 is 9.47 Å². The van der Waals surface area contributed by atoms with Crippen LogP contribution in [-0.2, 0) is 4.74 Å². The van der Waals surface area contributed by atoms with Gasteiger partial charge in [0, 0.05) is 43.4 Å². The number of rotatable bonds is 4. The molecule has 0 radical (unpaired) electrons. The van der Waals surface area contributed by atoms with Crippen LogP contribution in [0.5, 0.6) is 5.88 Å². The lowest BCUT2D eigenvalue weighted by atomic mass is 9.91. The van der Waals surface area contributed by atoms with E-state index in [4.69, 9.17) is 9.47 Å². The lowest BCUT2D eigenvalue weighted by molar-refractivity contribution is 0.0238. The molecule has 3 fully saturated rings. The highest BCUT2D eigenvalue weighted by Crippen LogP contribution is 2.48. The smallest absolute Gasteiger partial charge is 0.215 e. The molecule has 1 aromatic carbocycles. The van der Waals surface area contributed by atoms with Gasteiger partial charge in [-0.1, -0.05) is 0 Å². The van der Waals surface area contributed by atoms with Gasteiger partial charge in [0.25, 0.3) is 0 Å². The maximum absolute atomic E-state index is 5.75. The zero-order chi connectivity index (χ0) is 21.7. The highest BCUT2D eigenvalue weighted by Gasteiger charge is 2.43. The number of likely N-dealkylation sites (tertiary alicyclic amines) is 1. The van der Waals surface area contributed by atoms with Gasteiger partial charge >= 0.3 is 0 Å². The van der Waals surface area contributed by atoms with Crippen LogP contribution in [0.2, 0.25) is 0 Å². The number of pyridine rings is 1. The Kier molecular flexibility index (Phi) is 5.15. The van der Waals surface area contributed by atoms with Crippen LogP contribution in [-0.4, -0.2) is 59.1 Å². The van der Waals surface area contributed by atoms with Gasteiger partial charge in [-0.15, -0.1) is 0 Å². The van der Waals surface area contributed by atoms with Crippen LogP contribution in [0.3, 0.4) is 0 Å². The van der Waals surface area contributed by atoms with Crippen LogP contribution >= 0.6 is 0 Å². The number of ether oxygens (including phenoxy) is 2. The second-order valence-electron chi connectivity index (χ2n) is 9.89. The minimum absolute atomic E-state index is 0.603. The fourth-order valence-electron chi connectivity index (χ4n) is 6.38. The molecule has 0 amide bonds. The van der Waals surface area contributed by atoms with E-state index in [1.165, 1.54) is 55.3 Å². The van der Waals surface area contributed by atoms with Crippen LogP contribution in [0.4, 0.5) is 0 Å². The molecule has 2 aliphatic heterocycles. The summed E-state index contributed by atoms with van der Waals surface area (Å²) in [5, 5.41) is 5.89. The number of aryl methyl sites for hydroxylation is 1. The van der Waals surface area contributed by atoms with Gasteiger partial charge in [-0.25, -0.2) is 9.67 Å². The van der Waals surface area contributed by atoms with Crippen LogP contribution in [0.15, 0.2) is 36.7 Å². The van der Waals surface area contributed by atoms with E-state index in [0.29, 0.717) is 17.8 Å². The quantitative estimate of drug-likeness (QED) is 0.614. The molecule has 168 valence electrons. The molecule has 2 unspecified atom stereocenters. The van der Waals surface area contributed by atoms with E-state index in [9.17, 15) is 0 Å². The summed E-state index contributed by atoms with van der Waals surface area (Å²) >= 11 is 0. The summed E-state index contributed by atoms with van der Waals surface area (Å²) in [6.07, 6.45) is 8.92. The van der Waals surface area contributed by atoms with E-state index < -0.39 is 0 Å². The molecule has 6 rings (SSSR count). The van der Waals surface area contributed by atoms with Crippen LogP contribution < -0.4 is 4.74 Å². The number of methoxy groups -OCH3 is 1. The third-order valence-electron chi connectivity index (χ3n) is 8.00. The van der Waals surface area contributed by atoms with Gasteiger partial charge in [-0.2, -0.15) is 5.10 Å². The van der Waals surface area contributed by atoms with Crippen molar-refractivity contribution in [3.63, 3.8) is 0 Å². The predicted octanol–water partition coefficient (Wildman–Crippen LogP) is 4.34. The molecular formula is C26H32N4O2. The highest BCUT2D eigenvalue weighted by atomic mass is 16.5. The summed E-state index contributed by atoms with van der Waals surface area (Å²) in [6.45, 7) is 6.67. The maximum Gasteiger partial charge on any atom is 0.215 e. The van der Waals surface area contributed by atoms with Gasteiger partial charge in [0.2, 0.25) is 5.88 Å². The van der Waals surface area contributed by atoms with E-state index in [2.05, 4.69) is 34.0 Å². The monoisotopic (exact) mass is 432 g/mol. The Labute approximate surface area is 189 Å². The number of hydrogen-bond acceptors (Lipinski definition) is 5. The first-order chi connectivity index (χ1) is 15.7. The van der Waals surface area contributed by atoms with Gasteiger partial charge in [0.1, 0.15) is 0 Å². The zero-order valence-electron chi connectivity index (χ0n) is 19.0. The number of nitrogens with zero attached hydrogens (tertiary/aromatic N) is 4. The van der Waals surface area contributed by atoms with Crippen LogP contribution in [0.1, 0.15) is 42.7 Å². The zero-order valence-corrected chi connectivity index (χ0v) is 19.0. The van der Waals surface area contributed by atoms with Gasteiger partial charge in [-0.05, 0) is 79.7 Å². The van der Waals surface area contributed by atoms with Crippen LogP contribution in [0.25, 0.3) is 16.6 Å². The molecule has 4 heterocycles. The number of hydrogen-bond donors (Lipinski definition) is 0. The summed E-state index contributed by atoms with van der Waals surface area (Å²) < 4.78 is 13.0. The Hall–Kier alpha value is -2.44. The molecule has 3 aromatic rings. The summed E-state index contributed by atoms with van der Waals surface area (Å²) in [5.41, 5.74) is 5.01. The SMILES string of the molecule is COc1cc(-n2ncc3cc(C4C[C@@H]5CN(C6CCCOC6)C[C@@H]5C4)c(C)cc32)ccn1. The lowest BCUT2D eigenvalue weighted by Crippen LogP contribution is -2.40. The first kappa shape index (κ1) is 20.2. The summed E-state index contributed by atoms with van der Waals surface area (Å²) in [5.74, 6) is 2.95. The molecule has 32 heavy (non-hydrogen) atoms. The van der Waals surface area contributed by atoms with Gasteiger partial charge in [0.05, 0.1) is 31.1 Å². The average Bonchev–Trinajstić information content (AvgIpc) is 3.52. The van der Waals surface area contributed by atoms with Crippen molar-refractivity contribution >= 4 is 10.9 Å². The third-order valence-corrected chi connectivity index (χ3v) is 8.00. The van der Waals surface area contributed by atoms with Crippen molar-refractivity contribution in [3.05, 3.63) is 47.8 Å². The number of aromatic nitrogens is 3. The third kappa shape index (κ3) is 3.50. The molecule has 0 N–H and O–H groups in total. The van der Waals surface area contributed by atoms with E-state index in [-0.39, 0.29) is 0 Å². The van der Waals surface area contributed by atoms with Crippen molar-refractivity contribution in [1.82, 2.24) is 19.7 Å². The lowest BCUT2D eigenvalue weighted by Gasteiger charge is -2.32. The molecule has 2 saturated heterocycles. The van der Waals surface area contributed by atoms with Crippen molar-refractivity contribution in [2.24, 2.45) is 11.8 Å². The molecule has 3 aliphatic rings. The standard InChI is InChI=1S/C26H32N4O2/c1-17-8-25-19(13-28-30(25)22-5-6-27-26(12-22)31-2)11-24(17)18-9-20-14-29(15-21(20)10-18)23-4-3-7-32-16-23/h5-6,8,11-13,18,20-21,23H,3-4,7,9-10,14-16H2,1-2H3/t18?,20-,21+,23?. The summed E-state index contributed by atoms with van der Waals surface area (Å²) in [4.78, 5) is 6.95.